The maximum atomic E-state index is 10.3. The zero-order valence-corrected chi connectivity index (χ0v) is 6.88. The van der Waals surface area contributed by atoms with Crippen LogP contribution in [0.5, 0.6) is 0 Å². The Hall–Kier alpha value is -0.550. The molecular weight excluding hydrogens is 166 g/mol. The van der Waals surface area contributed by atoms with Gasteiger partial charge in [-0.3, -0.25) is 4.79 Å². The van der Waals surface area contributed by atoms with Gasteiger partial charge in [0.1, 0.15) is 12.3 Å². The number of aliphatic carboxylic acids is 1. The van der Waals surface area contributed by atoms with Crippen molar-refractivity contribution in [3.05, 3.63) is 0 Å². The van der Waals surface area contributed by atoms with Crippen LogP contribution in [0.4, 0.5) is 0 Å². The van der Waals surface area contributed by atoms with Gasteiger partial charge in [0.2, 0.25) is 0 Å². The average Bonchev–Trinajstić information content (AvgIpc) is 1.97. The molecule has 11 heavy (non-hydrogen) atoms. The van der Waals surface area contributed by atoms with Crippen LogP contribution in [0.15, 0.2) is 0 Å². The molecule has 0 spiro atoms. The third-order valence-corrected chi connectivity index (χ3v) is 1.50. The first-order valence-corrected chi connectivity index (χ1v) is 3.86. The van der Waals surface area contributed by atoms with E-state index in [1.165, 1.54) is 0 Å². The summed E-state index contributed by atoms with van der Waals surface area (Å²) in [6.07, 6.45) is 1.07. The fourth-order valence-corrected chi connectivity index (χ4v) is 0.832. The molecule has 64 valence electrons. The molecule has 0 saturated heterocycles. The van der Waals surface area contributed by atoms with E-state index in [4.69, 9.17) is 5.11 Å². The number of carboxylic acid groups (broad SMARTS) is 1. The minimum absolute atomic E-state index is 0.230. The summed E-state index contributed by atoms with van der Waals surface area (Å²) in [7, 11) is 0. The molecule has 4 nitrogen and oxygen atoms in total. The number of hydrogen-bond acceptors (Lipinski definition) is 4. The summed E-state index contributed by atoms with van der Waals surface area (Å²) in [6, 6.07) is -0.654. The fraction of sp³-hybridized carbons (Fsp3) is 0.667. The monoisotopic (exact) mass is 177 g/mol. The molecule has 0 aromatic carbocycles. The summed E-state index contributed by atoms with van der Waals surface area (Å²) in [5.74, 6) is -0.709. The van der Waals surface area contributed by atoms with E-state index in [0.29, 0.717) is 13.0 Å². The van der Waals surface area contributed by atoms with Crippen molar-refractivity contribution >= 4 is 24.9 Å². The highest BCUT2D eigenvalue weighted by Gasteiger charge is 2.12. The van der Waals surface area contributed by atoms with Crippen molar-refractivity contribution in [3.63, 3.8) is 0 Å². The zero-order valence-electron chi connectivity index (χ0n) is 5.99. The molecule has 0 heterocycles. The first kappa shape index (κ1) is 10.4. The highest BCUT2D eigenvalue weighted by molar-refractivity contribution is 7.80. The molecule has 0 amide bonds. The summed E-state index contributed by atoms with van der Waals surface area (Å²) in [6.45, 7) is 0.390. The number of hydrogen-bond donors (Lipinski definition) is 3. The lowest BCUT2D eigenvalue weighted by molar-refractivity contribution is -0.138. The van der Waals surface area contributed by atoms with Gasteiger partial charge in [0, 0.05) is 18.7 Å². The van der Waals surface area contributed by atoms with Crippen LogP contribution in [0.2, 0.25) is 0 Å². The van der Waals surface area contributed by atoms with Gasteiger partial charge in [-0.2, -0.15) is 12.6 Å². The first-order valence-electron chi connectivity index (χ1n) is 3.23. The molecule has 0 bridgehead atoms. The topological polar surface area (TPSA) is 66.4 Å². The van der Waals surface area contributed by atoms with Gasteiger partial charge in [-0.25, -0.2) is 0 Å². The number of rotatable bonds is 6. The SMILES string of the molecule is O=CCCN[C@@H](CS)C(=O)O. The van der Waals surface area contributed by atoms with Gasteiger partial charge in [-0.15, -0.1) is 0 Å². The van der Waals surface area contributed by atoms with E-state index in [0.717, 1.165) is 6.29 Å². The Morgan fingerprint density at radius 3 is 2.73 bits per heavy atom. The van der Waals surface area contributed by atoms with E-state index < -0.39 is 12.0 Å². The average molecular weight is 177 g/mol. The maximum Gasteiger partial charge on any atom is 0.321 e. The van der Waals surface area contributed by atoms with Gasteiger partial charge < -0.3 is 15.2 Å². The van der Waals surface area contributed by atoms with Crippen LogP contribution in [0.3, 0.4) is 0 Å². The van der Waals surface area contributed by atoms with Crippen LogP contribution in [-0.2, 0) is 9.59 Å². The van der Waals surface area contributed by atoms with Crippen molar-refractivity contribution in [1.82, 2.24) is 5.32 Å². The molecule has 1 atom stereocenters. The Balaban J connectivity index is 3.52. The number of thiol groups is 1. The van der Waals surface area contributed by atoms with Gasteiger partial charge in [-0.1, -0.05) is 0 Å². The fourth-order valence-electron chi connectivity index (χ4n) is 0.546. The first-order chi connectivity index (χ1) is 5.22. The van der Waals surface area contributed by atoms with Crippen LogP contribution < -0.4 is 5.32 Å². The van der Waals surface area contributed by atoms with E-state index >= 15 is 0 Å². The predicted octanol–water partition coefficient (Wildman–Crippen LogP) is -0.452. The maximum absolute atomic E-state index is 10.3. The molecule has 0 radical (unpaired) electrons. The number of carbonyl (C=O) groups excluding carboxylic acids is 1. The molecule has 2 N–H and O–H groups in total. The van der Waals surface area contributed by atoms with Gasteiger partial charge in [-0.05, 0) is 0 Å². The smallest absolute Gasteiger partial charge is 0.321 e. The lowest BCUT2D eigenvalue weighted by atomic mass is 10.3. The van der Waals surface area contributed by atoms with Crippen LogP contribution in [0.25, 0.3) is 0 Å². The molecule has 0 fully saturated rings. The molecule has 0 aromatic heterocycles. The Labute approximate surface area is 70.4 Å². The zero-order chi connectivity index (χ0) is 8.69. The molecule has 0 aliphatic rings. The second-order valence-electron chi connectivity index (χ2n) is 1.98. The van der Waals surface area contributed by atoms with Crippen LogP contribution in [0.1, 0.15) is 6.42 Å². The molecule has 5 heteroatoms. The summed E-state index contributed by atoms with van der Waals surface area (Å²) in [4.78, 5) is 20.2. The van der Waals surface area contributed by atoms with E-state index in [1.807, 2.05) is 0 Å². The second kappa shape index (κ2) is 6.18. The van der Waals surface area contributed by atoms with Gasteiger partial charge >= 0.3 is 5.97 Å². The van der Waals surface area contributed by atoms with Crippen LogP contribution in [0, 0.1) is 0 Å². The summed E-state index contributed by atoms with van der Waals surface area (Å²) in [5, 5.41) is 11.1. The van der Waals surface area contributed by atoms with E-state index in [2.05, 4.69) is 17.9 Å². The third-order valence-electron chi connectivity index (χ3n) is 1.13. The Kier molecular flexibility index (Phi) is 5.87. The normalized spacial score (nSPS) is 12.5. The Bertz CT molecular complexity index is 140. The van der Waals surface area contributed by atoms with Crippen molar-refractivity contribution in [3.8, 4) is 0 Å². The minimum atomic E-state index is -0.939. The molecule has 0 saturated carbocycles. The van der Waals surface area contributed by atoms with Crippen LogP contribution in [-0.4, -0.2) is 35.7 Å². The van der Waals surface area contributed by atoms with E-state index in [1.54, 1.807) is 0 Å². The van der Waals surface area contributed by atoms with Crippen molar-refractivity contribution in [2.24, 2.45) is 0 Å². The summed E-state index contributed by atoms with van der Waals surface area (Å²) < 4.78 is 0. The highest BCUT2D eigenvalue weighted by Crippen LogP contribution is 1.87. The second-order valence-corrected chi connectivity index (χ2v) is 2.35. The van der Waals surface area contributed by atoms with Crippen molar-refractivity contribution < 1.29 is 14.7 Å². The molecular formula is C6H11NO3S. The molecule has 0 aliphatic carbocycles. The highest BCUT2D eigenvalue weighted by atomic mass is 32.1. The molecule has 0 aromatic rings. The predicted molar refractivity (Wildman–Crippen MR) is 44.0 cm³/mol. The van der Waals surface area contributed by atoms with Crippen LogP contribution >= 0.6 is 12.6 Å². The molecule has 0 rings (SSSR count). The van der Waals surface area contributed by atoms with Crippen molar-refractivity contribution in [2.75, 3.05) is 12.3 Å². The number of carboxylic acids is 1. The largest absolute Gasteiger partial charge is 0.480 e. The lowest BCUT2D eigenvalue weighted by Crippen LogP contribution is -2.38. The van der Waals surface area contributed by atoms with Crippen molar-refractivity contribution in [1.29, 1.82) is 0 Å². The number of nitrogens with one attached hydrogen (secondary N) is 1. The third kappa shape index (κ3) is 4.80. The molecule has 0 aliphatic heterocycles. The van der Waals surface area contributed by atoms with Gasteiger partial charge in [0.05, 0.1) is 0 Å². The molecule has 0 unspecified atom stereocenters. The summed E-state index contributed by atoms with van der Waals surface area (Å²) >= 11 is 3.83. The number of aldehydes is 1. The summed E-state index contributed by atoms with van der Waals surface area (Å²) in [5.41, 5.74) is 0. The van der Waals surface area contributed by atoms with Crippen molar-refractivity contribution in [2.45, 2.75) is 12.5 Å². The van der Waals surface area contributed by atoms with E-state index in [-0.39, 0.29) is 5.75 Å². The standard InChI is InChI=1S/C6H11NO3S/c8-3-1-2-7-5(4-11)6(9)10/h3,5,7,11H,1-2,4H2,(H,9,10)/t5-/m0/s1. The Morgan fingerprint density at radius 2 is 2.36 bits per heavy atom. The Morgan fingerprint density at radius 1 is 1.73 bits per heavy atom. The minimum Gasteiger partial charge on any atom is -0.480 e. The quantitative estimate of drug-likeness (QED) is 0.292. The number of carbonyl (C=O) groups is 2. The van der Waals surface area contributed by atoms with E-state index in [9.17, 15) is 9.59 Å². The van der Waals surface area contributed by atoms with Gasteiger partial charge in [0.15, 0.2) is 0 Å². The van der Waals surface area contributed by atoms with Gasteiger partial charge in [0.25, 0.3) is 0 Å². The lowest BCUT2D eigenvalue weighted by Gasteiger charge is -2.09.